The lowest BCUT2D eigenvalue weighted by Crippen LogP contribution is -2.58. The average Bonchev–Trinajstić information content (AvgIpc) is 2.92. The summed E-state index contributed by atoms with van der Waals surface area (Å²) in [5.41, 5.74) is -0.993. The molecule has 2 fully saturated rings. The summed E-state index contributed by atoms with van der Waals surface area (Å²) in [7, 11) is 1.81. The zero-order valence-corrected chi connectivity index (χ0v) is 13.1. The van der Waals surface area contributed by atoms with Crippen molar-refractivity contribution in [3.63, 3.8) is 0 Å². The first-order chi connectivity index (χ1) is 10.0. The normalized spacial score (nSPS) is 26.9. The molecule has 0 radical (unpaired) electrons. The Bertz CT molecular complexity index is 396. The van der Waals surface area contributed by atoms with Gasteiger partial charge in [0.15, 0.2) is 0 Å². The Morgan fingerprint density at radius 3 is 2.62 bits per heavy atom. The van der Waals surface area contributed by atoms with E-state index >= 15 is 0 Å². The number of carboxylic acids is 1. The molecule has 0 bridgehead atoms. The molecule has 0 aromatic carbocycles. The van der Waals surface area contributed by atoms with E-state index < -0.39 is 11.5 Å². The fourth-order valence-corrected chi connectivity index (χ4v) is 3.70. The third-order valence-electron chi connectivity index (χ3n) is 4.94. The van der Waals surface area contributed by atoms with Crippen molar-refractivity contribution < 1.29 is 14.7 Å². The molecule has 2 N–H and O–H groups in total. The predicted octanol–water partition coefficient (Wildman–Crippen LogP) is 1.51. The van der Waals surface area contributed by atoms with Gasteiger partial charge in [-0.3, -0.25) is 0 Å². The Labute approximate surface area is 126 Å². The minimum Gasteiger partial charge on any atom is -0.479 e. The van der Waals surface area contributed by atoms with E-state index in [1.807, 2.05) is 14.0 Å². The number of urea groups is 1. The molecule has 0 aromatic rings. The number of carbonyl (C=O) groups is 2. The molecule has 0 spiro atoms. The molecule has 0 aromatic heterocycles. The number of carbonyl (C=O) groups excluding carboxylic acids is 1. The standard InChI is InChI=1S/C15H27N3O3/c1-3-7-15(13(19)20)8-4-11-18(15)14(21)17(2)12-5-9-16-10-6-12/h12,16H,3-11H2,1-2H3,(H,19,20). The number of hydrogen-bond acceptors (Lipinski definition) is 3. The molecule has 2 amide bonds. The van der Waals surface area contributed by atoms with Gasteiger partial charge in [-0.1, -0.05) is 13.3 Å². The van der Waals surface area contributed by atoms with Crippen molar-refractivity contribution in [3.8, 4) is 0 Å². The van der Waals surface area contributed by atoms with Crippen molar-refractivity contribution in [1.82, 2.24) is 15.1 Å². The Kier molecular flexibility index (Phi) is 5.08. The molecule has 2 saturated heterocycles. The highest BCUT2D eigenvalue weighted by molar-refractivity contribution is 5.87. The Hall–Kier alpha value is -1.30. The van der Waals surface area contributed by atoms with Crippen LogP contribution < -0.4 is 5.32 Å². The molecule has 2 heterocycles. The average molecular weight is 297 g/mol. The van der Waals surface area contributed by atoms with Crippen LogP contribution >= 0.6 is 0 Å². The Balaban J connectivity index is 2.13. The van der Waals surface area contributed by atoms with Crippen LogP contribution in [0, 0.1) is 0 Å². The van der Waals surface area contributed by atoms with Gasteiger partial charge >= 0.3 is 12.0 Å². The summed E-state index contributed by atoms with van der Waals surface area (Å²) in [5, 5.41) is 13.0. The second-order valence-electron chi connectivity index (χ2n) is 6.22. The predicted molar refractivity (Wildman–Crippen MR) is 80.3 cm³/mol. The number of piperidine rings is 1. The number of amides is 2. The van der Waals surface area contributed by atoms with E-state index in [0.29, 0.717) is 19.4 Å². The number of nitrogens with one attached hydrogen (secondary N) is 1. The van der Waals surface area contributed by atoms with Gasteiger partial charge in [0, 0.05) is 19.6 Å². The fourth-order valence-electron chi connectivity index (χ4n) is 3.70. The summed E-state index contributed by atoms with van der Waals surface area (Å²) in [4.78, 5) is 28.0. The molecule has 1 atom stereocenters. The zero-order valence-electron chi connectivity index (χ0n) is 13.1. The van der Waals surface area contributed by atoms with Gasteiger partial charge in [0.25, 0.3) is 0 Å². The van der Waals surface area contributed by atoms with Crippen molar-refractivity contribution in [1.29, 1.82) is 0 Å². The number of likely N-dealkylation sites (tertiary alicyclic amines) is 1. The van der Waals surface area contributed by atoms with E-state index in [0.717, 1.165) is 38.8 Å². The molecular weight excluding hydrogens is 270 g/mol. The van der Waals surface area contributed by atoms with Gasteiger partial charge in [-0.05, 0) is 45.2 Å². The lowest BCUT2D eigenvalue weighted by molar-refractivity contribution is -0.149. The van der Waals surface area contributed by atoms with Crippen LogP contribution in [0.4, 0.5) is 4.79 Å². The molecule has 6 heteroatoms. The van der Waals surface area contributed by atoms with Crippen LogP contribution in [0.3, 0.4) is 0 Å². The van der Waals surface area contributed by atoms with E-state index in [1.54, 1.807) is 9.80 Å². The van der Waals surface area contributed by atoms with E-state index in [2.05, 4.69) is 5.32 Å². The smallest absolute Gasteiger partial charge is 0.329 e. The lowest BCUT2D eigenvalue weighted by Gasteiger charge is -2.40. The topological polar surface area (TPSA) is 72.9 Å². The SMILES string of the molecule is CCCC1(C(=O)O)CCCN1C(=O)N(C)C1CCNCC1. The molecule has 2 rings (SSSR count). The van der Waals surface area contributed by atoms with Crippen molar-refractivity contribution in [2.24, 2.45) is 0 Å². The molecule has 6 nitrogen and oxygen atoms in total. The Morgan fingerprint density at radius 2 is 2.05 bits per heavy atom. The highest BCUT2D eigenvalue weighted by atomic mass is 16.4. The number of rotatable bonds is 4. The first kappa shape index (κ1) is 16.1. The maximum Gasteiger partial charge on any atom is 0.329 e. The van der Waals surface area contributed by atoms with E-state index in [4.69, 9.17) is 0 Å². The van der Waals surface area contributed by atoms with Crippen molar-refractivity contribution >= 4 is 12.0 Å². The first-order valence-corrected chi connectivity index (χ1v) is 8.01. The molecule has 1 unspecified atom stereocenters. The summed E-state index contributed by atoms with van der Waals surface area (Å²) < 4.78 is 0. The van der Waals surface area contributed by atoms with Crippen molar-refractivity contribution in [2.75, 3.05) is 26.7 Å². The quantitative estimate of drug-likeness (QED) is 0.825. The second kappa shape index (κ2) is 6.64. The summed E-state index contributed by atoms with van der Waals surface area (Å²) in [6.07, 6.45) is 4.52. The number of aliphatic carboxylic acids is 1. The highest BCUT2D eigenvalue weighted by Gasteiger charge is 2.50. The van der Waals surface area contributed by atoms with Crippen LogP contribution in [0.1, 0.15) is 45.4 Å². The molecule has 120 valence electrons. The van der Waals surface area contributed by atoms with Crippen LogP contribution in [-0.2, 0) is 4.79 Å². The first-order valence-electron chi connectivity index (χ1n) is 8.01. The molecule has 21 heavy (non-hydrogen) atoms. The molecule has 0 aliphatic carbocycles. The van der Waals surface area contributed by atoms with Crippen LogP contribution in [-0.4, -0.2) is 65.2 Å². The van der Waals surface area contributed by atoms with Gasteiger partial charge < -0.3 is 20.2 Å². The van der Waals surface area contributed by atoms with E-state index in [1.165, 1.54) is 0 Å². The molecule has 2 aliphatic rings. The number of hydrogen-bond donors (Lipinski definition) is 2. The zero-order chi connectivity index (χ0) is 15.5. The monoisotopic (exact) mass is 297 g/mol. The summed E-state index contributed by atoms with van der Waals surface area (Å²) in [6.45, 7) is 4.37. The van der Waals surface area contributed by atoms with Gasteiger partial charge in [0.2, 0.25) is 0 Å². The summed E-state index contributed by atoms with van der Waals surface area (Å²) in [5.74, 6) is -0.853. The van der Waals surface area contributed by atoms with Gasteiger partial charge in [-0.25, -0.2) is 9.59 Å². The third kappa shape index (κ3) is 3.00. The minimum atomic E-state index is -0.993. The third-order valence-corrected chi connectivity index (χ3v) is 4.94. The maximum absolute atomic E-state index is 12.8. The van der Waals surface area contributed by atoms with Gasteiger partial charge in [-0.15, -0.1) is 0 Å². The van der Waals surface area contributed by atoms with E-state index in [9.17, 15) is 14.7 Å². The van der Waals surface area contributed by atoms with Crippen molar-refractivity contribution in [2.45, 2.75) is 57.0 Å². The van der Waals surface area contributed by atoms with Gasteiger partial charge in [0.1, 0.15) is 5.54 Å². The highest BCUT2D eigenvalue weighted by Crippen LogP contribution is 2.35. The summed E-state index contributed by atoms with van der Waals surface area (Å²) >= 11 is 0. The largest absolute Gasteiger partial charge is 0.479 e. The fraction of sp³-hybridized carbons (Fsp3) is 0.867. The second-order valence-corrected chi connectivity index (χ2v) is 6.22. The van der Waals surface area contributed by atoms with Crippen LogP contribution in [0.5, 0.6) is 0 Å². The summed E-state index contributed by atoms with van der Waals surface area (Å²) in [6, 6.07) is 0.0997. The van der Waals surface area contributed by atoms with Crippen molar-refractivity contribution in [3.05, 3.63) is 0 Å². The molecule has 0 saturated carbocycles. The van der Waals surface area contributed by atoms with Crippen LogP contribution in [0.15, 0.2) is 0 Å². The van der Waals surface area contributed by atoms with Crippen LogP contribution in [0.2, 0.25) is 0 Å². The molecular formula is C15H27N3O3. The van der Waals surface area contributed by atoms with Crippen LogP contribution in [0.25, 0.3) is 0 Å². The van der Waals surface area contributed by atoms with Gasteiger partial charge in [-0.2, -0.15) is 0 Å². The number of carboxylic acid groups (broad SMARTS) is 1. The lowest BCUT2D eigenvalue weighted by atomic mass is 9.91. The number of nitrogens with zero attached hydrogens (tertiary/aromatic N) is 2. The van der Waals surface area contributed by atoms with Gasteiger partial charge in [0.05, 0.1) is 0 Å². The molecule has 2 aliphatic heterocycles. The maximum atomic E-state index is 12.8. The minimum absolute atomic E-state index is 0.116. The van der Waals surface area contributed by atoms with E-state index in [-0.39, 0.29) is 12.1 Å². The Morgan fingerprint density at radius 1 is 1.38 bits per heavy atom.